The first-order chi connectivity index (χ1) is 18.8. The van der Waals surface area contributed by atoms with Gasteiger partial charge in [-0.3, -0.25) is 14.4 Å². The predicted octanol–water partition coefficient (Wildman–Crippen LogP) is 7.55. The van der Waals surface area contributed by atoms with E-state index in [2.05, 4.69) is 58.8 Å². The summed E-state index contributed by atoms with van der Waals surface area (Å²) in [4.78, 5) is 40.9. The lowest BCUT2D eigenvalue weighted by molar-refractivity contribution is -0.164. The van der Waals surface area contributed by atoms with E-state index < -0.39 is 5.41 Å². The zero-order chi connectivity index (χ0) is 30.8. The Hall–Kier alpha value is -1.91. The summed E-state index contributed by atoms with van der Waals surface area (Å²) < 4.78 is 0. The lowest BCUT2D eigenvalue weighted by Gasteiger charge is -2.68. The molecular formula is C36H58N2O3. The fourth-order valence-corrected chi connectivity index (χ4v) is 10.1. The fraction of sp³-hybridized carbons (Fsp3) is 0.806. The number of carbonyl (C=O) groups is 3. The lowest BCUT2D eigenvalue weighted by Crippen LogP contribution is -2.63. The molecule has 0 aromatic carbocycles. The van der Waals surface area contributed by atoms with Gasteiger partial charge in [0.2, 0.25) is 11.8 Å². The highest BCUT2D eigenvalue weighted by molar-refractivity contribution is 5.96. The second-order valence-corrected chi connectivity index (χ2v) is 16.4. The van der Waals surface area contributed by atoms with E-state index in [1.165, 1.54) is 5.57 Å². The average Bonchev–Trinajstić information content (AvgIpc) is 2.84. The van der Waals surface area contributed by atoms with E-state index in [4.69, 9.17) is 0 Å². The molecule has 0 radical (unpaired) electrons. The molecule has 0 bridgehead atoms. The molecule has 5 nitrogen and oxygen atoms in total. The summed E-state index contributed by atoms with van der Waals surface area (Å²) in [6.45, 7) is 26.2. The van der Waals surface area contributed by atoms with Crippen LogP contribution in [0.4, 0.5) is 0 Å². The molecule has 230 valence electrons. The molecular weight excluding hydrogens is 508 g/mol. The summed E-state index contributed by atoms with van der Waals surface area (Å²) in [5.74, 6) is 0.732. The molecule has 8 atom stereocenters. The molecule has 0 spiro atoms. The van der Waals surface area contributed by atoms with Crippen LogP contribution < -0.4 is 10.6 Å². The zero-order valence-electron chi connectivity index (χ0n) is 27.8. The predicted molar refractivity (Wildman–Crippen MR) is 167 cm³/mol. The van der Waals surface area contributed by atoms with Crippen molar-refractivity contribution in [2.45, 2.75) is 139 Å². The lowest BCUT2D eigenvalue weighted by atomic mass is 9.35. The van der Waals surface area contributed by atoms with Crippen molar-refractivity contribution in [2.75, 3.05) is 0 Å². The van der Waals surface area contributed by atoms with Crippen LogP contribution in [0.15, 0.2) is 23.8 Å². The Morgan fingerprint density at radius 2 is 1.56 bits per heavy atom. The van der Waals surface area contributed by atoms with Gasteiger partial charge in [-0.05, 0) is 126 Å². The Kier molecular flexibility index (Phi) is 8.33. The van der Waals surface area contributed by atoms with Gasteiger partial charge in [0.05, 0.1) is 0 Å². The standard InChI is InChI=1S/C36H58N2O3/c1-22(2)25-12-15-36(11)30(34(25,9)14-13-29(40)37-23(3)4)28(39)20-26-27-21-33(8,31(41)38-24(5)6)17-16-32(27,7)18-19-35(26,36)10/h20,23-25,27,30H,1,12-19,21H2,2-11H3,(H,37,40)(H,38,41)/t25?,27-,30?,32+,33-,34-,35+,36+/m0/s1. The van der Waals surface area contributed by atoms with Crippen molar-refractivity contribution < 1.29 is 14.4 Å². The quantitative estimate of drug-likeness (QED) is 0.312. The van der Waals surface area contributed by atoms with Gasteiger partial charge in [0.15, 0.2) is 5.78 Å². The molecule has 0 saturated heterocycles. The van der Waals surface area contributed by atoms with Gasteiger partial charge in [-0.2, -0.15) is 0 Å². The van der Waals surface area contributed by atoms with Crippen molar-refractivity contribution in [3.63, 3.8) is 0 Å². The highest BCUT2D eigenvalue weighted by atomic mass is 16.2. The number of rotatable bonds is 7. The second-order valence-electron chi connectivity index (χ2n) is 16.4. The van der Waals surface area contributed by atoms with Gasteiger partial charge in [-0.25, -0.2) is 0 Å². The second kappa shape index (κ2) is 10.7. The van der Waals surface area contributed by atoms with Crippen molar-refractivity contribution in [1.82, 2.24) is 10.6 Å². The fourth-order valence-electron chi connectivity index (χ4n) is 10.1. The van der Waals surface area contributed by atoms with Gasteiger partial charge in [0.1, 0.15) is 0 Å². The minimum absolute atomic E-state index is 0.0641. The summed E-state index contributed by atoms with van der Waals surface area (Å²) in [5.41, 5.74) is 1.45. The first-order valence-corrected chi connectivity index (χ1v) is 16.3. The molecule has 2 N–H and O–H groups in total. The molecule has 4 rings (SSSR count). The summed E-state index contributed by atoms with van der Waals surface area (Å²) in [6.07, 6.45) is 10.1. The van der Waals surface area contributed by atoms with E-state index >= 15 is 0 Å². The number of ketones is 1. The third-order valence-corrected chi connectivity index (χ3v) is 12.7. The summed E-state index contributed by atoms with van der Waals surface area (Å²) >= 11 is 0. The number of hydrogen-bond donors (Lipinski definition) is 2. The Morgan fingerprint density at radius 3 is 2.15 bits per heavy atom. The summed E-state index contributed by atoms with van der Waals surface area (Å²) in [5, 5.41) is 6.26. The molecule has 2 amide bonds. The van der Waals surface area contributed by atoms with Crippen LogP contribution >= 0.6 is 0 Å². The minimum Gasteiger partial charge on any atom is -0.354 e. The largest absolute Gasteiger partial charge is 0.354 e. The molecule has 3 saturated carbocycles. The van der Waals surface area contributed by atoms with Crippen molar-refractivity contribution in [2.24, 2.45) is 44.8 Å². The maximum Gasteiger partial charge on any atom is 0.226 e. The van der Waals surface area contributed by atoms with E-state index in [0.29, 0.717) is 12.8 Å². The SMILES string of the molecule is C=C(C)C1CC[C@]2(C)C(C(=O)C=C3[C@@H]4C[C@@](C)(C(=O)NC(C)C)CC[C@]4(C)CC[C@]32C)[C@@]1(C)CCC(=O)NC(C)C. The van der Waals surface area contributed by atoms with Crippen molar-refractivity contribution in [3.05, 3.63) is 23.8 Å². The van der Waals surface area contributed by atoms with Crippen LogP contribution in [0.1, 0.15) is 127 Å². The zero-order valence-corrected chi connectivity index (χ0v) is 27.8. The number of hydrogen-bond acceptors (Lipinski definition) is 3. The third-order valence-electron chi connectivity index (χ3n) is 12.7. The van der Waals surface area contributed by atoms with Crippen LogP contribution in [0.25, 0.3) is 0 Å². The van der Waals surface area contributed by atoms with E-state index in [0.717, 1.165) is 50.5 Å². The maximum atomic E-state index is 14.6. The van der Waals surface area contributed by atoms with Crippen LogP contribution in [0.5, 0.6) is 0 Å². The van der Waals surface area contributed by atoms with E-state index in [-0.39, 0.29) is 69.1 Å². The van der Waals surface area contributed by atoms with Gasteiger partial charge in [0, 0.05) is 29.8 Å². The topological polar surface area (TPSA) is 75.3 Å². The first kappa shape index (κ1) is 32.0. The summed E-state index contributed by atoms with van der Waals surface area (Å²) in [7, 11) is 0. The third kappa shape index (κ3) is 5.16. The number of allylic oxidation sites excluding steroid dienone is 3. The van der Waals surface area contributed by atoms with Gasteiger partial charge in [-0.15, -0.1) is 0 Å². The first-order valence-electron chi connectivity index (χ1n) is 16.3. The molecule has 0 aromatic rings. The maximum absolute atomic E-state index is 14.6. The summed E-state index contributed by atoms with van der Waals surface area (Å²) in [6, 6.07) is 0.216. The van der Waals surface area contributed by atoms with Crippen LogP contribution in [-0.4, -0.2) is 29.7 Å². The van der Waals surface area contributed by atoms with E-state index in [9.17, 15) is 14.4 Å². The number of fused-ring (bicyclic) bond motifs is 5. The average molecular weight is 567 g/mol. The Morgan fingerprint density at radius 1 is 0.951 bits per heavy atom. The van der Waals surface area contributed by atoms with Gasteiger partial charge < -0.3 is 10.6 Å². The van der Waals surface area contributed by atoms with Crippen LogP contribution in [0.2, 0.25) is 0 Å². The van der Waals surface area contributed by atoms with Crippen molar-refractivity contribution in [1.29, 1.82) is 0 Å². The highest BCUT2D eigenvalue weighted by Crippen LogP contribution is 2.73. The number of carbonyl (C=O) groups excluding carboxylic acids is 3. The molecule has 4 aliphatic rings. The Labute approximate surface area is 250 Å². The molecule has 0 heterocycles. The van der Waals surface area contributed by atoms with E-state index in [1.807, 2.05) is 33.8 Å². The van der Waals surface area contributed by atoms with Gasteiger partial charge in [-0.1, -0.05) is 52.3 Å². The van der Waals surface area contributed by atoms with Gasteiger partial charge in [0.25, 0.3) is 0 Å². The van der Waals surface area contributed by atoms with Crippen LogP contribution in [-0.2, 0) is 14.4 Å². The smallest absolute Gasteiger partial charge is 0.226 e. The number of amides is 2. The normalized spacial score (nSPS) is 42.1. The van der Waals surface area contributed by atoms with E-state index in [1.54, 1.807) is 0 Å². The Balaban J connectivity index is 1.77. The van der Waals surface area contributed by atoms with Crippen LogP contribution in [0, 0.1) is 44.8 Å². The highest BCUT2D eigenvalue weighted by Gasteiger charge is 2.68. The van der Waals surface area contributed by atoms with Crippen molar-refractivity contribution >= 4 is 17.6 Å². The number of nitrogens with one attached hydrogen (secondary N) is 2. The molecule has 5 heteroatoms. The molecule has 2 unspecified atom stereocenters. The molecule has 3 fully saturated rings. The minimum atomic E-state index is -0.426. The van der Waals surface area contributed by atoms with Crippen molar-refractivity contribution in [3.8, 4) is 0 Å². The van der Waals surface area contributed by atoms with Crippen LogP contribution in [0.3, 0.4) is 0 Å². The monoisotopic (exact) mass is 566 g/mol. The Bertz CT molecular complexity index is 1140. The molecule has 0 aromatic heterocycles. The molecule has 4 aliphatic carbocycles. The van der Waals surface area contributed by atoms with Gasteiger partial charge >= 0.3 is 0 Å². The molecule has 0 aliphatic heterocycles. The molecule has 41 heavy (non-hydrogen) atoms.